The van der Waals surface area contributed by atoms with Gasteiger partial charge in [-0.15, -0.1) is 0 Å². The Labute approximate surface area is 176 Å². The molecule has 2 N–H and O–H groups in total. The first-order valence-electron chi connectivity index (χ1n) is 8.89. The predicted molar refractivity (Wildman–Crippen MR) is 115 cm³/mol. The van der Waals surface area contributed by atoms with Crippen molar-refractivity contribution < 1.29 is 9.59 Å². The highest BCUT2D eigenvalue weighted by Gasteiger charge is 2.27. The lowest BCUT2D eigenvalue weighted by atomic mass is 9.96. The summed E-state index contributed by atoms with van der Waals surface area (Å²) in [6, 6.07) is 5.39. The molecule has 0 bridgehead atoms. The molecule has 1 aromatic heterocycles. The van der Waals surface area contributed by atoms with E-state index >= 15 is 0 Å². The number of hydrogen-bond donors (Lipinski definition) is 2. The van der Waals surface area contributed by atoms with Gasteiger partial charge in [-0.1, -0.05) is 0 Å². The summed E-state index contributed by atoms with van der Waals surface area (Å²) < 4.78 is 0.949. The Kier molecular flexibility index (Phi) is 5.27. The van der Waals surface area contributed by atoms with Crippen molar-refractivity contribution in [1.82, 2.24) is 20.2 Å². The van der Waals surface area contributed by atoms with E-state index in [0.717, 1.165) is 29.7 Å². The number of nitrogens with zero attached hydrogens (tertiary/aromatic N) is 4. The summed E-state index contributed by atoms with van der Waals surface area (Å²) in [7, 11) is 2.10. The number of fused-ring (bicyclic) bond motifs is 1. The van der Waals surface area contributed by atoms with Crippen LogP contribution in [-0.4, -0.2) is 59.9 Å². The Hall–Kier alpha value is -2.53. The van der Waals surface area contributed by atoms with Crippen LogP contribution < -0.4 is 15.5 Å². The largest absolute Gasteiger partial charge is 0.358 e. The number of likely N-dealkylation sites (N-methyl/N-ethyl adjacent to an activating group) is 1. The van der Waals surface area contributed by atoms with Crippen molar-refractivity contribution in [3.8, 4) is 0 Å². The third-order valence-electron chi connectivity index (χ3n) is 4.80. The summed E-state index contributed by atoms with van der Waals surface area (Å²) in [4.78, 5) is 37.6. The van der Waals surface area contributed by atoms with Gasteiger partial charge >= 0.3 is 0 Å². The zero-order valence-corrected chi connectivity index (χ0v) is 17.4. The number of carbonyl (C=O) groups is 2. The van der Waals surface area contributed by atoms with Gasteiger partial charge in [0.25, 0.3) is 11.8 Å². The molecule has 0 aliphatic carbocycles. The molecule has 9 heteroatoms. The molecule has 0 radical (unpaired) electrons. The molecule has 0 saturated carbocycles. The van der Waals surface area contributed by atoms with Crippen LogP contribution in [-0.2, 0) is 4.79 Å². The molecule has 2 aliphatic rings. The first kappa shape index (κ1) is 18.8. The Balaban J connectivity index is 1.53. The number of carbonyl (C=O) groups excluding carboxylic acids is 2. The second kappa shape index (κ2) is 7.84. The predicted octanol–water partition coefficient (Wildman–Crippen LogP) is 1.56. The van der Waals surface area contributed by atoms with Gasteiger partial charge in [-0.3, -0.25) is 14.9 Å². The molecule has 2 aliphatic heterocycles. The van der Waals surface area contributed by atoms with Crippen LogP contribution in [0.25, 0.3) is 5.57 Å². The fourth-order valence-electron chi connectivity index (χ4n) is 3.16. The summed E-state index contributed by atoms with van der Waals surface area (Å²) in [5.74, 6) is -0.109. The van der Waals surface area contributed by atoms with Crippen LogP contribution in [0.2, 0.25) is 0 Å². The fourth-order valence-corrected chi connectivity index (χ4v) is 3.65. The molecule has 1 saturated heterocycles. The maximum absolute atomic E-state index is 12.3. The molecule has 3 heterocycles. The van der Waals surface area contributed by atoms with E-state index in [2.05, 4.69) is 60.0 Å². The number of amides is 2. The minimum absolute atomic E-state index is 0.381. The highest BCUT2D eigenvalue weighted by molar-refractivity contribution is 14.1. The van der Waals surface area contributed by atoms with Gasteiger partial charge < -0.3 is 15.1 Å². The third kappa shape index (κ3) is 3.85. The summed E-state index contributed by atoms with van der Waals surface area (Å²) >= 11 is 2.16. The quantitative estimate of drug-likeness (QED) is 0.384. The third-order valence-corrected chi connectivity index (χ3v) is 5.47. The van der Waals surface area contributed by atoms with Gasteiger partial charge in [0.15, 0.2) is 0 Å². The molecular weight excluding hydrogens is 471 g/mol. The van der Waals surface area contributed by atoms with Gasteiger partial charge in [-0.05, 0) is 47.8 Å². The van der Waals surface area contributed by atoms with E-state index in [1.165, 1.54) is 0 Å². The van der Waals surface area contributed by atoms with Crippen LogP contribution >= 0.6 is 22.6 Å². The SMILES string of the molecule is CN1CCN(c2ncc(N/C=C3\C(=O)NC(=O)c4ccc(I)cc43)cn2)CC1. The first-order valence-corrected chi connectivity index (χ1v) is 9.97. The van der Waals surface area contributed by atoms with Crippen molar-refractivity contribution in [3.05, 3.63) is 51.5 Å². The number of halogens is 1. The summed E-state index contributed by atoms with van der Waals surface area (Å²) in [5, 5.41) is 5.44. The van der Waals surface area contributed by atoms with Crippen molar-refractivity contribution in [2.75, 3.05) is 43.4 Å². The lowest BCUT2D eigenvalue weighted by Gasteiger charge is -2.32. The van der Waals surface area contributed by atoms with E-state index in [1.807, 2.05) is 12.1 Å². The number of nitrogens with one attached hydrogen (secondary N) is 2. The number of piperazine rings is 1. The van der Waals surface area contributed by atoms with Gasteiger partial charge in [0.2, 0.25) is 5.95 Å². The van der Waals surface area contributed by atoms with Crippen molar-refractivity contribution in [1.29, 1.82) is 0 Å². The van der Waals surface area contributed by atoms with Crippen LogP contribution in [0.1, 0.15) is 15.9 Å². The van der Waals surface area contributed by atoms with Gasteiger partial charge in [0.05, 0.1) is 23.7 Å². The second-order valence-electron chi connectivity index (χ2n) is 6.74. The molecule has 2 amide bonds. The van der Waals surface area contributed by atoms with Gasteiger partial charge in [0.1, 0.15) is 0 Å². The van der Waals surface area contributed by atoms with Crippen molar-refractivity contribution in [2.24, 2.45) is 0 Å². The molecule has 28 heavy (non-hydrogen) atoms. The zero-order valence-electron chi connectivity index (χ0n) is 15.3. The smallest absolute Gasteiger partial charge is 0.260 e. The van der Waals surface area contributed by atoms with E-state index < -0.39 is 5.91 Å². The van der Waals surface area contributed by atoms with Gasteiger partial charge in [-0.2, -0.15) is 0 Å². The second-order valence-corrected chi connectivity index (χ2v) is 7.98. The summed E-state index contributed by atoms with van der Waals surface area (Å²) in [6.07, 6.45) is 4.98. The zero-order chi connectivity index (χ0) is 19.7. The molecule has 0 spiro atoms. The Morgan fingerprint density at radius 1 is 1.07 bits per heavy atom. The maximum atomic E-state index is 12.3. The molecule has 144 valence electrons. The monoisotopic (exact) mass is 490 g/mol. The molecular formula is C19H19IN6O2. The van der Waals surface area contributed by atoms with Crippen molar-refractivity contribution in [2.45, 2.75) is 0 Å². The van der Waals surface area contributed by atoms with E-state index in [9.17, 15) is 9.59 Å². The molecule has 1 fully saturated rings. The molecule has 2 aromatic rings. The van der Waals surface area contributed by atoms with Crippen LogP contribution in [0, 0.1) is 3.57 Å². The van der Waals surface area contributed by atoms with E-state index in [1.54, 1.807) is 24.7 Å². The van der Waals surface area contributed by atoms with Crippen LogP contribution in [0.4, 0.5) is 11.6 Å². The minimum Gasteiger partial charge on any atom is -0.358 e. The number of benzene rings is 1. The highest BCUT2D eigenvalue weighted by Crippen LogP contribution is 2.26. The van der Waals surface area contributed by atoms with Gasteiger partial charge in [-0.25, -0.2) is 9.97 Å². The number of imide groups is 1. The molecule has 4 rings (SSSR count). The standard InChI is InChI=1S/C19H19IN6O2/c1-25-4-6-26(7-5-25)19-22-9-13(10-23-19)21-11-16-15-8-12(20)2-3-14(15)17(27)24-18(16)28/h2-3,8-11,21H,4-7H2,1H3,(H,24,27,28)/b16-11-. The number of anilines is 2. The number of rotatable bonds is 3. The summed E-state index contributed by atoms with van der Waals surface area (Å²) in [6.45, 7) is 3.77. The van der Waals surface area contributed by atoms with Crippen molar-refractivity contribution >= 4 is 51.6 Å². The number of hydrogen-bond acceptors (Lipinski definition) is 7. The van der Waals surface area contributed by atoms with Crippen molar-refractivity contribution in [3.63, 3.8) is 0 Å². The highest BCUT2D eigenvalue weighted by atomic mass is 127. The normalized spacial score (nSPS) is 18.8. The number of aromatic nitrogens is 2. The molecule has 1 aromatic carbocycles. The van der Waals surface area contributed by atoms with E-state index in [4.69, 9.17) is 0 Å². The average Bonchev–Trinajstić information content (AvgIpc) is 2.68. The Morgan fingerprint density at radius 2 is 1.79 bits per heavy atom. The van der Waals surface area contributed by atoms with Crippen LogP contribution in [0.5, 0.6) is 0 Å². The molecule has 0 atom stereocenters. The lowest BCUT2D eigenvalue weighted by molar-refractivity contribution is -0.114. The van der Waals surface area contributed by atoms with Gasteiger partial charge in [0, 0.05) is 47.1 Å². The van der Waals surface area contributed by atoms with Crippen LogP contribution in [0.15, 0.2) is 36.8 Å². The summed E-state index contributed by atoms with van der Waals surface area (Å²) in [5.41, 5.74) is 2.16. The van der Waals surface area contributed by atoms with E-state index in [-0.39, 0.29) is 5.91 Å². The van der Waals surface area contributed by atoms with Crippen LogP contribution in [0.3, 0.4) is 0 Å². The lowest BCUT2D eigenvalue weighted by Crippen LogP contribution is -2.45. The first-order chi connectivity index (χ1) is 13.5. The Morgan fingerprint density at radius 3 is 2.50 bits per heavy atom. The fraction of sp³-hybridized carbons (Fsp3) is 0.263. The molecule has 8 nitrogen and oxygen atoms in total. The average molecular weight is 490 g/mol. The Bertz CT molecular complexity index is 951. The topological polar surface area (TPSA) is 90.5 Å². The molecule has 0 unspecified atom stereocenters. The maximum Gasteiger partial charge on any atom is 0.260 e. The van der Waals surface area contributed by atoms with E-state index in [0.29, 0.717) is 28.3 Å². The minimum atomic E-state index is -0.429.